The normalized spacial score (nSPS) is 12.7. The van der Waals surface area contributed by atoms with Gasteiger partial charge in [-0.1, -0.05) is 30.3 Å². The van der Waals surface area contributed by atoms with E-state index in [2.05, 4.69) is 5.32 Å². The molecule has 0 radical (unpaired) electrons. The molecule has 0 amide bonds. The quantitative estimate of drug-likeness (QED) is 0.758. The summed E-state index contributed by atoms with van der Waals surface area (Å²) in [5.74, 6) is 0.684. The number of nitrogens with one attached hydrogen (secondary N) is 1. The summed E-state index contributed by atoms with van der Waals surface area (Å²) in [4.78, 5) is 0. The molecule has 1 unspecified atom stereocenters. The highest BCUT2D eigenvalue weighted by atomic mass is 19.1. The molecule has 1 atom stereocenters. The van der Waals surface area contributed by atoms with Gasteiger partial charge in [-0.2, -0.15) is 0 Å². The van der Waals surface area contributed by atoms with Crippen molar-refractivity contribution in [2.45, 2.75) is 19.5 Å². The van der Waals surface area contributed by atoms with E-state index in [9.17, 15) is 4.39 Å². The van der Waals surface area contributed by atoms with E-state index in [0.717, 1.165) is 22.3 Å². The maximum atomic E-state index is 13.1. The lowest BCUT2D eigenvalue weighted by molar-refractivity contribution is 0.450. The fourth-order valence-corrected chi connectivity index (χ4v) is 2.23. The highest BCUT2D eigenvalue weighted by molar-refractivity contribution is 5.77. The number of benzene rings is 2. The van der Waals surface area contributed by atoms with Gasteiger partial charge in [0.1, 0.15) is 17.2 Å². The third kappa shape index (κ3) is 2.73. The fourth-order valence-electron chi connectivity index (χ4n) is 2.23. The van der Waals surface area contributed by atoms with Crippen molar-refractivity contribution in [3.63, 3.8) is 0 Å². The lowest BCUT2D eigenvalue weighted by Crippen LogP contribution is -2.17. The van der Waals surface area contributed by atoms with Gasteiger partial charge in [0.25, 0.3) is 0 Å². The van der Waals surface area contributed by atoms with Crippen LogP contribution in [0.1, 0.15) is 24.3 Å². The zero-order valence-corrected chi connectivity index (χ0v) is 11.3. The second-order valence-electron chi connectivity index (χ2n) is 4.92. The van der Waals surface area contributed by atoms with Crippen LogP contribution in [0.5, 0.6) is 0 Å². The molecule has 0 aliphatic carbocycles. The van der Waals surface area contributed by atoms with Crippen molar-refractivity contribution in [2.75, 3.05) is 0 Å². The van der Waals surface area contributed by atoms with E-state index in [1.54, 1.807) is 12.1 Å². The molecule has 0 saturated carbocycles. The number of rotatable bonds is 4. The number of fused-ring (bicyclic) bond motifs is 1. The van der Waals surface area contributed by atoms with Crippen LogP contribution in [-0.2, 0) is 6.54 Å². The Morgan fingerprint density at radius 2 is 1.95 bits per heavy atom. The number of halogens is 1. The number of hydrogen-bond donors (Lipinski definition) is 1. The van der Waals surface area contributed by atoms with Gasteiger partial charge in [-0.25, -0.2) is 4.39 Å². The average Bonchev–Trinajstić information content (AvgIpc) is 2.89. The molecular formula is C17H16FNO. The highest BCUT2D eigenvalue weighted by Gasteiger charge is 2.10. The Balaban J connectivity index is 1.71. The van der Waals surface area contributed by atoms with Gasteiger partial charge >= 0.3 is 0 Å². The first-order valence-electron chi connectivity index (χ1n) is 6.69. The van der Waals surface area contributed by atoms with Crippen LogP contribution in [0, 0.1) is 5.82 Å². The molecule has 0 aliphatic rings. The molecule has 0 aliphatic heterocycles. The van der Waals surface area contributed by atoms with Crippen LogP contribution >= 0.6 is 0 Å². The zero-order valence-electron chi connectivity index (χ0n) is 11.3. The summed E-state index contributed by atoms with van der Waals surface area (Å²) in [7, 11) is 0. The second kappa shape index (κ2) is 5.47. The average molecular weight is 269 g/mol. The van der Waals surface area contributed by atoms with Gasteiger partial charge in [-0.15, -0.1) is 0 Å². The maximum Gasteiger partial charge on any atom is 0.134 e. The van der Waals surface area contributed by atoms with Crippen molar-refractivity contribution in [1.29, 1.82) is 0 Å². The summed E-state index contributed by atoms with van der Waals surface area (Å²) < 4.78 is 18.9. The second-order valence-corrected chi connectivity index (χ2v) is 4.92. The first kappa shape index (κ1) is 12.9. The van der Waals surface area contributed by atoms with Crippen LogP contribution in [0.4, 0.5) is 4.39 Å². The molecule has 0 spiro atoms. The zero-order chi connectivity index (χ0) is 13.9. The van der Waals surface area contributed by atoms with Crippen molar-refractivity contribution in [3.8, 4) is 0 Å². The van der Waals surface area contributed by atoms with E-state index in [1.165, 1.54) is 6.07 Å². The molecular weight excluding hydrogens is 253 g/mol. The summed E-state index contributed by atoms with van der Waals surface area (Å²) in [6.07, 6.45) is 0. The first-order chi connectivity index (χ1) is 9.72. The summed E-state index contributed by atoms with van der Waals surface area (Å²) in [5, 5.41) is 4.44. The van der Waals surface area contributed by atoms with Gasteiger partial charge in [-0.05, 0) is 36.8 Å². The first-order valence-corrected chi connectivity index (χ1v) is 6.69. The molecule has 2 nitrogen and oxygen atoms in total. The van der Waals surface area contributed by atoms with E-state index in [-0.39, 0.29) is 11.9 Å². The van der Waals surface area contributed by atoms with E-state index in [4.69, 9.17) is 4.42 Å². The molecule has 3 heteroatoms. The monoisotopic (exact) mass is 269 g/mol. The molecule has 1 aromatic heterocycles. The predicted molar refractivity (Wildman–Crippen MR) is 77.9 cm³/mol. The van der Waals surface area contributed by atoms with Crippen LogP contribution in [0.2, 0.25) is 0 Å². The van der Waals surface area contributed by atoms with Crippen molar-refractivity contribution >= 4 is 11.0 Å². The minimum atomic E-state index is -0.208. The largest absolute Gasteiger partial charge is 0.459 e. The molecule has 102 valence electrons. The summed E-state index contributed by atoms with van der Waals surface area (Å²) in [6, 6.07) is 16.7. The summed E-state index contributed by atoms with van der Waals surface area (Å²) in [6.45, 7) is 2.65. The maximum absolute atomic E-state index is 13.1. The van der Waals surface area contributed by atoms with Crippen LogP contribution < -0.4 is 5.32 Å². The summed E-state index contributed by atoms with van der Waals surface area (Å²) >= 11 is 0. The van der Waals surface area contributed by atoms with Crippen LogP contribution in [0.25, 0.3) is 11.0 Å². The van der Waals surface area contributed by atoms with Gasteiger partial charge in [-0.3, -0.25) is 0 Å². The lowest BCUT2D eigenvalue weighted by atomic mass is 10.2. The van der Waals surface area contributed by atoms with Crippen molar-refractivity contribution in [2.24, 2.45) is 0 Å². The van der Waals surface area contributed by atoms with Gasteiger partial charge < -0.3 is 9.73 Å². The molecule has 20 heavy (non-hydrogen) atoms. The number of para-hydroxylation sites is 1. The van der Waals surface area contributed by atoms with E-state index >= 15 is 0 Å². The molecule has 0 fully saturated rings. The molecule has 3 aromatic rings. The van der Waals surface area contributed by atoms with Gasteiger partial charge in [0.05, 0.1) is 6.04 Å². The molecule has 1 heterocycles. The highest BCUT2D eigenvalue weighted by Crippen LogP contribution is 2.23. The standard InChI is InChI=1S/C17H16FNO/c1-12(19-11-13-5-4-7-15(18)9-13)17-10-14-6-2-3-8-16(14)20-17/h2-10,12,19H,11H2,1H3. The van der Waals surface area contributed by atoms with E-state index in [1.807, 2.05) is 43.3 Å². The number of furan rings is 1. The number of hydrogen-bond acceptors (Lipinski definition) is 2. The van der Waals surface area contributed by atoms with E-state index < -0.39 is 0 Å². The van der Waals surface area contributed by atoms with Crippen molar-refractivity contribution in [1.82, 2.24) is 5.32 Å². The minimum absolute atomic E-state index is 0.0747. The molecule has 0 bridgehead atoms. The Morgan fingerprint density at radius 1 is 1.10 bits per heavy atom. The third-order valence-corrected chi connectivity index (χ3v) is 3.37. The molecule has 1 N–H and O–H groups in total. The predicted octanol–water partition coefficient (Wildman–Crippen LogP) is 4.42. The minimum Gasteiger partial charge on any atom is -0.459 e. The van der Waals surface area contributed by atoms with Gasteiger partial charge in [0.15, 0.2) is 0 Å². The topological polar surface area (TPSA) is 25.2 Å². The molecule has 0 saturated heterocycles. The molecule has 3 rings (SSSR count). The van der Waals surface area contributed by atoms with Crippen LogP contribution in [-0.4, -0.2) is 0 Å². The van der Waals surface area contributed by atoms with Crippen molar-refractivity contribution in [3.05, 3.63) is 71.7 Å². The lowest BCUT2D eigenvalue weighted by Gasteiger charge is -2.11. The van der Waals surface area contributed by atoms with Crippen LogP contribution in [0.3, 0.4) is 0 Å². The van der Waals surface area contributed by atoms with Gasteiger partial charge in [0.2, 0.25) is 0 Å². The molecule has 2 aromatic carbocycles. The Morgan fingerprint density at radius 3 is 2.75 bits per heavy atom. The van der Waals surface area contributed by atoms with Gasteiger partial charge in [0, 0.05) is 11.9 Å². The fraction of sp³-hybridized carbons (Fsp3) is 0.176. The smallest absolute Gasteiger partial charge is 0.134 e. The Bertz CT molecular complexity index is 687. The Kier molecular flexibility index (Phi) is 3.52. The third-order valence-electron chi connectivity index (χ3n) is 3.37. The van der Waals surface area contributed by atoms with E-state index in [0.29, 0.717) is 6.54 Å². The Labute approximate surface area is 117 Å². The summed E-state index contributed by atoms with van der Waals surface area (Å²) in [5.41, 5.74) is 1.81. The Hall–Kier alpha value is -2.13. The van der Waals surface area contributed by atoms with Crippen molar-refractivity contribution < 1.29 is 8.81 Å². The SMILES string of the molecule is CC(NCc1cccc(F)c1)c1cc2ccccc2o1. The van der Waals surface area contributed by atoms with Crippen LogP contribution in [0.15, 0.2) is 59.0 Å².